The van der Waals surface area contributed by atoms with E-state index in [9.17, 15) is 0 Å². The van der Waals surface area contributed by atoms with Gasteiger partial charge in [0, 0.05) is 0 Å². The summed E-state index contributed by atoms with van der Waals surface area (Å²) in [4.78, 5) is 4.29. The predicted octanol–water partition coefficient (Wildman–Crippen LogP) is 3.40. The van der Waals surface area contributed by atoms with Gasteiger partial charge in [-0.1, -0.05) is 25.4 Å². The van der Waals surface area contributed by atoms with Crippen LogP contribution in [0.15, 0.2) is 12.1 Å². The summed E-state index contributed by atoms with van der Waals surface area (Å²) in [5, 5.41) is 0.539. The van der Waals surface area contributed by atoms with E-state index in [0.717, 1.165) is 11.4 Å². The van der Waals surface area contributed by atoms with E-state index in [0.29, 0.717) is 17.2 Å². The van der Waals surface area contributed by atoms with Crippen molar-refractivity contribution in [2.75, 3.05) is 0 Å². The highest BCUT2D eigenvalue weighted by molar-refractivity contribution is 6.29. The number of halogens is 1. The van der Waals surface area contributed by atoms with Crippen LogP contribution in [0.5, 0.6) is 5.75 Å². The Bertz CT molecular complexity index is 334. The summed E-state index contributed by atoms with van der Waals surface area (Å²) in [5.41, 5.74) is 0.962. The monoisotopic (exact) mass is 211 g/mol. The molecule has 1 aliphatic rings. The Morgan fingerprint density at radius 3 is 2.71 bits per heavy atom. The molecule has 0 radical (unpaired) electrons. The third kappa shape index (κ3) is 2.18. The number of hydrogen-bond acceptors (Lipinski definition) is 2. The lowest BCUT2D eigenvalue weighted by Crippen LogP contribution is -2.03. The van der Waals surface area contributed by atoms with Gasteiger partial charge >= 0.3 is 0 Å². The van der Waals surface area contributed by atoms with Gasteiger partial charge in [-0.3, -0.25) is 0 Å². The molecule has 0 spiro atoms. The summed E-state index contributed by atoms with van der Waals surface area (Å²) in [5.74, 6) is 1.24. The first-order valence-electron chi connectivity index (χ1n) is 5.00. The molecule has 1 heterocycles. The SMILES string of the molecule is CC(C)c1nc(Cl)ccc1OC1CC1. The summed E-state index contributed by atoms with van der Waals surface area (Å²) in [6.07, 6.45) is 2.75. The fourth-order valence-corrected chi connectivity index (χ4v) is 1.47. The van der Waals surface area contributed by atoms with Crippen molar-refractivity contribution in [3.8, 4) is 5.75 Å². The van der Waals surface area contributed by atoms with Crippen LogP contribution in [-0.4, -0.2) is 11.1 Å². The van der Waals surface area contributed by atoms with Gasteiger partial charge in [0.2, 0.25) is 0 Å². The number of pyridine rings is 1. The summed E-state index contributed by atoms with van der Waals surface area (Å²) in [6, 6.07) is 3.70. The molecule has 76 valence electrons. The van der Waals surface area contributed by atoms with Crippen molar-refractivity contribution in [3.63, 3.8) is 0 Å². The highest BCUT2D eigenvalue weighted by Gasteiger charge is 2.25. The van der Waals surface area contributed by atoms with E-state index in [1.54, 1.807) is 6.07 Å². The molecule has 1 aromatic rings. The van der Waals surface area contributed by atoms with E-state index >= 15 is 0 Å². The summed E-state index contributed by atoms with van der Waals surface area (Å²) in [7, 11) is 0. The van der Waals surface area contributed by atoms with E-state index in [1.807, 2.05) is 6.07 Å². The van der Waals surface area contributed by atoms with Crippen LogP contribution in [0, 0.1) is 0 Å². The molecule has 1 aromatic heterocycles. The van der Waals surface area contributed by atoms with Gasteiger partial charge in [0.25, 0.3) is 0 Å². The van der Waals surface area contributed by atoms with E-state index in [4.69, 9.17) is 16.3 Å². The number of aromatic nitrogens is 1. The molecule has 2 rings (SSSR count). The van der Waals surface area contributed by atoms with Crippen molar-refractivity contribution in [1.82, 2.24) is 4.98 Å². The molecule has 0 aliphatic heterocycles. The molecule has 2 nitrogen and oxygen atoms in total. The van der Waals surface area contributed by atoms with Crippen molar-refractivity contribution in [2.24, 2.45) is 0 Å². The van der Waals surface area contributed by atoms with Gasteiger partial charge in [-0.05, 0) is 30.9 Å². The summed E-state index contributed by atoms with van der Waals surface area (Å²) in [6.45, 7) is 4.19. The highest BCUT2D eigenvalue weighted by atomic mass is 35.5. The Balaban J connectivity index is 2.26. The van der Waals surface area contributed by atoms with Crippen molar-refractivity contribution < 1.29 is 4.74 Å². The van der Waals surface area contributed by atoms with Crippen LogP contribution in [0.1, 0.15) is 38.3 Å². The molecule has 0 amide bonds. The average molecular weight is 212 g/mol. The second-order valence-electron chi connectivity index (χ2n) is 3.99. The maximum Gasteiger partial charge on any atom is 0.141 e. The lowest BCUT2D eigenvalue weighted by molar-refractivity contribution is 0.297. The molecule has 0 N–H and O–H groups in total. The molecule has 0 saturated heterocycles. The Labute approximate surface area is 89.3 Å². The largest absolute Gasteiger partial charge is 0.489 e. The minimum Gasteiger partial charge on any atom is -0.489 e. The second-order valence-corrected chi connectivity index (χ2v) is 4.38. The Morgan fingerprint density at radius 1 is 1.43 bits per heavy atom. The van der Waals surface area contributed by atoms with Crippen LogP contribution in [-0.2, 0) is 0 Å². The number of ether oxygens (including phenoxy) is 1. The Hall–Kier alpha value is -0.760. The maximum atomic E-state index is 5.85. The van der Waals surface area contributed by atoms with Gasteiger partial charge in [-0.25, -0.2) is 4.98 Å². The third-order valence-electron chi connectivity index (χ3n) is 2.22. The lowest BCUT2D eigenvalue weighted by atomic mass is 10.1. The third-order valence-corrected chi connectivity index (χ3v) is 2.43. The fraction of sp³-hybridized carbons (Fsp3) is 0.545. The van der Waals surface area contributed by atoms with E-state index < -0.39 is 0 Å². The van der Waals surface area contributed by atoms with Crippen LogP contribution in [0.2, 0.25) is 5.15 Å². The van der Waals surface area contributed by atoms with Crippen molar-refractivity contribution in [2.45, 2.75) is 38.7 Å². The predicted molar refractivity (Wildman–Crippen MR) is 57.0 cm³/mol. The Kier molecular flexibility index (Phi) is 2.64. The lowest BCUT2D eigenvalue weighted by Gasteiger charge is -2.12. The molecule has 1 fully saturated rings. The van der Waals surface area contributed by atoms with Crippen LogP contribution < -0.4 is 4.74 Å². The average Bonchev–Trinajstić information content (AvgIpc) is 2.91. The van der Waals surface area contributed by atoms with Crippen LogP contribution in [0.25, 0.3) is 0 Å². The molecule has 1 saturated carbocycles. The first-order valence-corrected chi connectivity index (χ1v) is 5.37. The van der Waals surface area contributed by atoms with Crippen LogP contribution in [0.4, 0.5) is 0 Å². The van der Waals surface area contributed by atoms with Crippen LogP contribution >= 0.6 is 11.6 Å². The van der Waals surface area contributed by atoms with Gasteiger partial charge in [0.15, 0.2) is 0 Å². The van der Waals surface area contributed by atoms with E-state index in [2.05, 4.69) is 18.8 Å². The fourth-order valence-electron chi connectivity index (χ4n) is 1.32. The van der Waals surface area contributed by atoms with Crippen LogP contribution in [0.3, 0.4) is 0 Å². The summed E-state index contributed by atoms with van der Waals surface area (Å²) >= 11 is 5.85. The van der Waals surface area contributed by atoms with Gasteiger partial charge in [0.1, 0.15) is 10.9 Å². The van der Waals surface area contributed by atoms with Gasteiger partial charge in [-0.2, -0.15) is 0 Å². The molecule has 0 bridgehead atoms. The number of hydrogen-bond donors (Lipinski definition) is 0. The maximum absolute atomic E-state index is 5.85. The molecule has 3 heteroatoms. The van der Waals surface area contributed by atoms with Crippen molar-refractivity contribution >= 4 is 11.6 Å². The molecule has 1 aliphatic carbocycles. The standard InChI is InChI=1S/C11H14ClNO/c1-7(2)11-9(14-8-3-4-8)5-6-10(12)13-11/h5-8H,3-4H2,1-2H3. The molecule has 14 heavy (non-hydrogen) atoms. The quantitative estimate of drug-likeness (QED) is 0.715. The molecule has 0 atom stereocenters. The first kappa shape index (κ1) is 9.78. The molecule has 0 unspecified atom stereocenters. The van der Waals surface area contributed by atoms with Gasteiger partial charge in [0.05, 0.1) is 11.8 Å². The minimum atomic E-state index is 0.349. The Morgan fingerprint density at radius 2 is 2.14 bits per heavy atom. The molecular formula is C11H14ClNO. The van der Waals surface area contributed by atoms with Crippen molar-refractivity contribution in [3.05, 3.63) is 23.0 Å². The van der Waals surface area contributed by atoms with E-state index in [-0.39, 0.29) is 0 Å². The second kappa shape index (κ2) is 3.77. The summed E-state index contributed by atoms with van der Waals surface area (Å²) < 4.78 is 5.75. The molecular weight excluding hydrogens is 198 g/mol. The minimum absolute atomic E-state index is 0.349. The zero-order valence-corrected chi connectivity index (χ0v) is 9.21. The smallest absolute Gasteiger partial charge is 0.141 e. The van der Waals surface area contributed by atoms with E-state index in [1.165, 1.54) is 12.8 Å². The first-order chi connectivity index (χ1) is 6.66. The number of nitrogens with zero attached hydrogens (tertiary/aromatic N) is 1. The topological polar surface area (TPSA) is 22.1 Å². The normalized spacial score (nSPS) is 16.0. The number of rotatable bonds is 3. The molecule has 0 aromatic carbocycles. The zero-order chi connectivity index (χ0) is 10.1. The van der Waals surface area contributed by atoms with Gasteiger partial charge < -0.3 is 4.74 Å². The zero-order valence-electron chi connectivity index (χ0n) is 8.46. The highest BCUT2D eigenvalue weighted by Crippen LogP contribution is 2.32. The van der Waals surface area contributed by atoms with Gasteiger partial charge in [-0.15, -0.1) is 0 Å². The van der Waals surface area contributed by atoms with Crippen molar-refractivity contribution in [1.29, 1.82) is 0 Å².